The molecule has 0 radical (unpaired) electrons. The zero-order valence-corrected chi connectivity index (χ0v) is 20.7. The third kappa shape index (κ3) is 6.80. The summed E-state index contributed by atoms with van der Waals surface area (Å²) in [4.78, 5) is 3.72. The first-order valence-corrected chi connectivity index (χ1v) is 12.2. The number of aryl methyl sites for hydroxylation is 2. The van der Waals surface area contributed by atoms with Crippen LogP contribution in [-0.2, 0) is 13.0 Å². The zero-order chi connectivity index (χ0) is 22.9. The molecule has 2 aliphatic rings. The molecule has 4 rings (SSSR count). The fourth-order valence-electron chi connectivity index (χ4n) is 3.84. The van der Waals surface area contributed by atoms with Crippen molar-refractivity contribution in [1.82, 2.24) is 14.8 Å². The first-order chi connectivity index (χ1) is 15.5. The van der Waals surface area contributed by atoms with Gasteiger partial charge >= 0.3 is 0 Å². The molecule has 6 heteroatoms. The van der Waals surface area contributed by atoms with Gasteiger partial charge in [0.2, 0.25) is 5.88 Å². The molecular formula is C26H36N3O2P. The van der Waals surface area contributed by atoms with Gasteiger partial charge in [-0.1, -0.05) is 25.5 Å². The Morgan fingerprint density at radius 2 is 2.09 bits per heavy atom. The molecule has 0 saturated heterocycles. The highest BCUT2D eigenvalue weighted by Gasteiger charge is 2.25. The van der Waals surface area contributed by atoms with Crippen molar-refractivity contribution < 1.29 is 9.84 Å². The average Bonchev–Trinajstić information content (AvgIpc) is 3.61. The Labute approximate surface area is 194 Å². The molecular weight excluding hydrogens is 417 g/mol. The molecule has 3 heterocycles. The molecule has 1 atom stereocenters. The van der Waals surface area contributed by atoms with E-state index in [1.165, 1.54) is 80.1 Å². The van der Waals surface area contributed by atoms with Gasteiger partial charge in [-0.15, -0.1) is 9.24 Å². The minimum atomic E-state index is 0.149. The van der Waals surface area contributed by atoms with Crippen LogP contribution >= 0.6 is 9.24 Å². The normalized spacial score (nSPS) is 17.2. The molecule has 1 unspecified atom stereocenters. The molecule has 1 fully saturated rings. The van der Waals surface area contributed by atoms with Crippen LogP contribution in [0, 0.1) is 5.92 Å². The Bertz CT molecular complexity index is 946. The van der Waals surface area contributed by atoms with E-state index in [9.17, 15) is 0 Å². The second-order valence-corrected chi connectivity index (χ2v) is 8.92. The van der Waals surface area contributed by atoms with Crippen molar-refractivity contribution in [2.75, 3.05) is 7.11 Å². The first-order valence-electron chi connectivity index (χ1n) is 11.7. The van der Waals surface area contributed by atoms with Crippen LogP contribution in [0.25, 0.3) is 5.57 Å². The monoisotopic (exact) mass is 453 g/mol. The van der Waals surface area contributed by atoms with Crippen LogP contribution < -0.4 is 4.74 Å². The fraction of sp³-hybridized carbons (Fsp3) is 0.462. The van der Waals surface area contributed by atoms with E-state index in [1.807, 2.05) is 0 Å². The summed E-state index contributed by atoms with van der Waals surface area (Å²) in [5.74, 6) is 1.43. The van der Waals surface area contributed by atoms with E-state index in [0.29, 0.717) is 5.88 Å². The van der Waals surface area contributed by atoms with Crippen LogP contribution in [0.5, 0.6) is 11.6 Å². The number of rotatable bonds is 6. The van der Waals surface area contributed by atoms with Crippen molar-refractivity contribution in [3.05, 3.63) is 64.9 Å². The molecule has 2 aromatic rings. The summed E-state index contributed by atoms with van der Waals surface area (Å²) in [5, 5.41) is 14.9. The fourth-order valence-corrected chi connectivity index (χ4v) is 4.07. The zero-order valence-electron chi connectivity index (χ0n) is 19.6. The standard InChI is InChI=1S/C20H29N2P.C6H7NO2/c1-3-8-16(15-10-11-15)13-18(20(23)4-2)19-14-17-9-6-5-7-12-22(17)21-19;1-9-6-3-2-5(8)4-7-6/h4,8,13-15H,3,5-7,9-12,23H2,1-2H3;2-4,8H,1H3/b16-8-,18-13-,20-4+;. The van der Waals surface area contributed by atoms with E-state index in [-0.39, 0.29) is 5.75 Å². The topological polar surface area (TPSA) is 60.2 Å². The summed E-state index contributed by atoms with van der Waals surface area (Å²) in [5.41, 5.74) is 5.34. The Kier molecular flexibility index (Phi) is 9.11. The van der Waals surface area contributed by atoms with E-state index in [4.69, 9.17) is 14.9 Å². The van der Waals surface area contributed by atoms with Crippen LogP contribution in [0.4, 0.5) is 0 Å². The van der Waals surface area contributed by atoms with Gasteiger partial charge in [0.05, 0.1) is 19.0 Å². The molecule has 1 aliphatic carbocycles. The highest BCUT2D eigenvalue weighted by molar-refractivity contribution is 7.24. The molecule has 1 saturated carbocycles. The summed E-state index contributed by atoms with van der Waals surface area (Å²) in [6.45, 7) is 5.41. The molecule has 1 N–H and O–H groups in total. The van der Waals surface area contributed by atoms with Crippen LogP contribution in [0.1, 0.15) is 63.8 Å². The van der Waals surface area contributed by atoms with Gasteiger partial charge in [-0.3, -0.25) is 4.68 Å². The third-order valence-electron chi connectivity index (χ3n) is 5.79. The number of fused-ring (bicyclic) bond motifs is 1. The smallest absolute Gasteiger partial charge is 0.213 e. The van der Waals surface area contributed by atoms with Crippen molar-refractivity contribution in [2.24, 2.45) is 5.92 Å². The quantitative estimate of drug-likeness (QED) is 0.411. The van der Waals surface area contributed by atoms with Gasteiger partial charge in [0.25, 0.3) is 0 Å². The Morgan fingerprint density at radius 3 is 2.72 bits per heavy atom. The minimum absolute atomic E-state index is 0.149. The summed E-state index contributed by atoms with van der Waals surface area (Å²) in [7, 11) is 4.43. The lowest BCUT2D eigenvalue weighted by atomic mass is 10.0. The van der Waals surface area contributed by atoms with Gasteiger partial charge < -0.3 is 9.84 Å². The van der Waals surface area contributed by atoms with Crippen molar-refractivity contribution in [3.63, 3.8) is 0 Å². The van der Waals surface area contributed by atoms with Crippen molar-refractivity contribution in [3.8, 4) is 11.6 Å². The molecule has 172 valence electrons. The van der Waals surface area contributed by atoms with E-state index in [2.05, 4.69) is 57.0 Å². The molecule has 0 bridgehead atoms. The largest absolute Gasteiger partial charge is 0.506 e. The predicted octanol–water partition coefficient (Wildman–Crippen LogP) is 6.31. The molecule has 0 amide bonds. The van der Waals surface area contributed by atoms with Crippen molar-refractivity contribution in [1.29, 1.82) is 0 Å². The highest BCUT2D eigenvalue weighted by Crippen LogP contribution is 2.40. The Morgan fingerprint density at radius 1 is 1.28 bits per heavy atom. The summed E-state index contributed by atoms with van der Waals surface area (Å²) >= 11 is 0. The Hall–Kier alpha value is -2.39. The van der Waals surface area contributed by atoms with Crippen LogP contribution in [-0.4, -0.2) is 27.0 Å². The van der Waals surface area contributed by atoms with E-state index in [0.717, 1.165) is 24.6 Å². The molecule has 5 nitrogen and oxygen atoms in total. The highest BCUT2D eigenvalue weighted by atomic mass is 31.0. The van der Waals surface area contributed by atoms with E-state index >= 15 is 0 Å². The van der Waals surface area contributed by atoms with Crippen molar-refractivity contribution in [2.45, 2.75) is 65.3 Å². The predicted molar refractivity (Wildman–Crippen MR) is 135 cm³/mol. The van der Waals surface area contributed by atoms with Crippen LogP contribution in [0.15, 0.2) is 53.5 Å². The lowest BCUT2D eigenvalue weighted by molar-refractivity contribution is 0.394. The maximum absolute atomic E-state index is 8.73. The molecule has 1 aliphatic heterocycles. The van der Waals surface area contributed by atoms with Crippen LogP contribution in [0.2, 0.25) is 0 Å². The number of aromatic nitrogens is 3. The number of methoxy groups -OCH3 is 1. The molecule has 0 aromatic carbocycles. The Balaban J connectivity index is 0.000000269. The second kappa shape index (κ2) is 12.0. The van der Waals surface area contributed by atoms with Gasteiger partial charge in [0.15, 0.2) is 0 Å². The first kappa shape index (κ1) is 24.3. The number of allylic oxidation sites excluding steroid dienone is 6. The van der Waals surface area contributed by atoms with Gasteiger partial charge in [-0.2, -0.15) is 5.10 Å². The number of hydrogen-bond acceptors (Lipinski definition) is 4. The SMILES string of the molecule is COc1ccc(O)cn1.C\C=C(P)/C(=C\C(=C\CC)C1CC1)c1cc2n(n1)CCCCC2. The number of aromatic hydroxyl groups is 1. The maximum Gasteiger partial charge on any atom is 0.213 e. The van der Waals surface area contributed by atoms with Gasteiger partial charge in [0.1, 0.15) is 5.75 Å². The molecule has 32 heavy (non-hydrogen) atoms. The van der Waals surface area contributed by atoms with E-state index in [1.54, 1.807) is 6.07 Å². The van der Waals surface area contributed by atoms with Gasteiger partial charge in [-0.25, -0.2) is 4.98 Å². The number of nitrogens with zero attached hydrogens (tertiary/aromatic N) is 3. The summed E-state index contributed by atoms with van der Waals surface area (Å²) < 4.78 is 6.99. The third-order valence-corrected chi connectivity index (χ3v) is 6.44. The molecule has 0 spiro atoms. The number of ether oxygens (including phenoxy) is 1. The lowest BCUT2D eigenvalue weighted by Crippen LogP contribution is -2.02. The van der Waals surface area contributed by atoms with Gasteiger partial charge in [-0.05, 0) is 80.5 Å². The lowest BCUT2D eigenvalue weighted by Gasteiger charge is -2.08. The van der Waals surface area contributed by atoms with E-state index < -0.39 is 0 Å². The second-order valence-electron chi connectivity index (χ2n) is 8.30. The van der Waals surface area contributed by atoms with Crippen molar-refractivity contribution >= 4 is 14.8 Å². The summed E-state index contributed by atoms with van der Waals surface area (Å²) in [6.07, 6.45) is 17.2. The van der Waals surface area contributed by atoms with Gasteiger partial charge in [0, 0.05) is 23.9 Å². The number of pyridine rings is 1. The maximum atomic E-state index is 8.73. The minimum Gasteiger partial charge on any atom is -0.506 e. The molecule has 2 aromatic heterocycles. The average molecular weight is 454 g/mol. The number of hydrogen-bond donors (Lipinski definition) is 1. The van der Waals surface area contributed by atoms with Crippen LogP contribution in [0.3, 0.4) is 0 Å². The summed E-state index contributed by atoms with van der Waals surface area (Å²) in [6, 6.07) is 5.43.